The van der Waals surface area contributed by atoms with Gasteiger partial charge in [-0.1, -0.05) is 35.9 Å². The summed E-state index contributed by atoms with van der Waals surface area (Å²) in [6.07, 6.45) is 3.72. The molecule has 2 aromatic rings. The highest BCUT2D eigenvalue weighted by Crippen LogP contribution is 2.48. The Labute approximate surface area is 159 Å². The summed E-state index contributed by atoms with van der Waals surface area (Å²) < 4.78 is 0. The van der Waals surface area contributed by atoms with Crippen molar-refractivity contribution in [3.63, 3.8) is 0 Å². The molecule has 0 unspecified atom stereocenters. The standard InChI is InChI=1S/C20H23ClN4O/c21-18-7-2-1-6-17(18)20(8-9-20)23-19(26)25-13-11-24(12-14-25)15-16-5-3-4-10-22-16/h1-7,10H,8-9,11-15H2,(H,23,26). The van der Waals surface area contributed by atoms with Crippen molar-refractivity contribution < 1.29 is 4.79 Å². The third-order valence-electron chi connectivity index (χ3n) is 5.26. The number of hydrogen-bond donors (Lipinski definition) is 1. The summed E-state index contributed by atoms with van der Waals surface area (Å²) in [5, 5.41) is 3.96. The number of pyridine rings is 1. The van der Waals surface area contributed by atoms with E-state index in [2.05, 4.69) is 15.2 Å². The van der Waals surface area contributed by atoms with Crippen molar-refractivity contribution in [1.82, 2.24) is 20.1 Å². The third-order valence-corrected chi connectivity index (χ3v) is 5.59. The molecule has 2 fully saturated rings. The number of rotatable bonds is 4. The molecule has 6 heteroatoms. The lowest BCUT2D eigenvalue weighted by Gasteiger charge is -2.35. The van der Waals surface area contributed by atoms with E-state index in [9.17, 15) is 4.79 Å². The van der Waals surface area contributed by atoms with Gasteiger partial charge in [-0.3, -0.25) is 9.88 Å². The van der Waals surface area contributed by atoms with Crippen molar-refractivity contribution >= 4 is 17.6 Å². The molecule has 1 saturated carbocycles. The van der Waals surface area contributed by atoms with Gasteiger partial charge in [-0.05, 0) is 36.6 Å². The maximum atomic E-state index is 12.7. The number of carbonyl (C=O) groups is 1. The predicted molar refractivity (Wildman–Crippen MR) is 102 cm³/mol. The van der Waals surface area contributed by atoms with Crippen molar-refractivity contribution in [2.45, 2.75) is 24.9 Å². The number of aromatic nitrogens is 1. The zero-order chi connectivity index (χ0) is 18.0. The van der Waals surface area contributed by atoms with Gasteiger partial charge < -0.3 is 10.2 Å². The Morgan fingerprint density at radius 1 is 1.08 bits per heavy atom. The molecule has 2 amide bonds. The number of nitrogens with one attached hydrogen (secondary N) is 1. The fourth-order valence-corrected chi connectivity index (χ4v) is 3.87. The average molecular weight is 371 g/mol. The molecule has 4 rings (SSSR count). The largest absolute Gasteiger partial charge is 0.328 e. The molecule has 1 N–H and O–H groups in total. The van der Waals surface area contributed by atoms with Crippen LogP contribution < -0.4 is 5.32 Å². The van der Waals surface area contributed by atoms with Gasteiger partial charge in [0, 0.05) is 43.9 Å². The van der Waals surface area contributed by atoms with E-state index in [0.29, 0.717) is 0 Å². The van der Waals surface area contributed by atoms with E-state index >= 15 is 0 Å². The molecule has 26 heavy (non-hydrogen) atoms. The van der Waals surface area contributed by atoms with Gasteiger partial charge in [0.1, 0.15) is 0 Å². The number of amides is 2. The second kappa shape index (κ2) is 7.25. The van der Waals surface area contributed by atoms with Crippen LogP contribution in [0, 0.1) is 0 Å². The normalized spacial score (nSPS) is 19.2. The number of halogens is 1. The Balaban J connectivity index is 1.32. The van der Waals surface area contributed by atoms with Crippen LogP contribution in [0.4, 0.5) is 4.79 Å². The van der Waals surface area contributed by atoms with Crippen LogP contribution >= 0.6 is 11.6 Å². The number of piperazine rings is 1. The first-order valence-electron chi connectivity index (χ1n) is 9.11. The van der Waals surface area contributed by atoms with E-state index in [1.807, 2.05) is 53.6 Å². The molecule has 1 aliphatic heterocycles. The molecule has 2 heterocycles. The topological polar surface area (TPSA) is 48.5 Å². The third kappa shape index (κ3) is 3.69. The van der Waals surface area contributed by atoms with Gasteiger partial charge in [0.2, 0.25) is 0 Å². The number of benzene rings is 1. The minimum atomic E-state index is -0.277. The molecule has 0 atom stereocenters. The second-order valence-corrected chi connectivity index (χ2v) is 7.48. The van der Waals surface area contributed by atoms with E-state index in [4.69, 9.17) is 11.6 Å². The van der Waals surface area contributed by atoms with Gasteiger partial charge in [-0.2, -0.15) is 0 Å². The highest BCUT2D eigenvalue weighted by atomic mass is 35.5. The molecule has 0 radical (unpaired) electrons. The highest BCUT2D eigenvalue weighted by Gasteiger charge is 2.47. The summed E-state index contributed by atoms with van der Waals surface area (Å²) in [7, 11) is 0. The van der Waals surface area contributed by atoms with Gasteiger partial charge in [0.05, 0.1) is 11.2 Å². The SMILES string of the molecule is O=C(NC1(c2ccccc2Cl)CC1)N1CCN(Cc2ccccn2)CC1. The zero-order valence-electron chi connectivity index (χ0n) is 14.7. The Bertz CT molecular complexity index is 770. The highest BCUT2D eigenvalue weighted by molar-refractivity contribution is 6.31. The lowest BCUT2D eigenvalue weighted by molar-refractivity contribution is 0.131. The molecular formula is C20H23ClN4O. The van der Waals surface area contributed by atoms with Crippen LogP contribution in [-0.4, -0.2) is 47.0 Å². The van der Waals surface area contributed by atoms with Crippen LogP contribution in [0.5, 0.6) is 0 Å². The summed E-state index contributed by atoms with van der Waals surface area (Å²) >= 11 is 6.34. The van der Waals surface area contributed by atoms with Gasteiger partial charge in [-0.15, -0.1) is 0 Å². The van der Waals surface area contributed by atoms with Crippen LogP contribution in [0.2, 0.25) is 5.02 Å². The van der Waals surface area contributed by atoms with Crippen LogP contribution in [0.15, 0.2) is 48.7 Å². The summed E-state index contributed by atoms with van der Waals surface area (Å²) in [5.41, 5.74) is 1.82. The lowest BCUT2D eigenvalue weighted by atomic mass is 10.1. The molecule has 1 aromatic carbocycles. The van der Waals surface area contributed by atoms with Crippen LogP contribution in [0.25, 0.3) is 0 Å². The van der Waals surface area contributed by atoms with Crippen LogP contribution in [-0.2, 0) is 12.1 Å². The van der Waals surface area contributed by atoms with Gasteiger partial charge >= 0.3 is 6.03 Å². The van der Waals surface area contributed by atoms with Crippen molar-refractivity contribution in [3.8, 4) is 0 Å². The average Bonchev–Trinajstić information content (AvgIpc) is 3.44. The van der Waals surface area contributed by atoms with Crippen molar-refractivity contribution in [2.24, 2.45) is 0 Å². The molecular weight excluding hydrogens is 348 g/mol. The summed E-state index contributed by atoms with van der Waals surface area (Å²) in [6.45, 7) is 4.03. The molecule has 5 nitrogen and oxygen atoms in total. The number of hydrogen-bond acceptors (Lipinski definition) is 3. The lowest BCUT2D eigenvalue weighted by Crippen LogP contribution is -2.53. The smallest absolute Gasteiger partial charge is 0.318 e. The van der Waals surface area contributed by atoms with Gasteiger partial charge in [0.15, 0.2) is 0 Å². The minimum absolute atomic E-state index is 0.0138. The maximum Gasteiger partial charge on any atom is 0.318 e. The van der Waals surface area contributed by atoms with E-state index in [0.717, 1.165) is 61.8 Å². The number of urea groups is 1. The Morgan fingerprint density at radius 3 is 2.46 bits per heavy atom. The molecule has 1 aromatic heterocycles. The first-order valence-corrected chi connectivity index (χ1v) is 9.48. The summed E-state index contributed by atoms with van der Waals surface area (Å²) in [6, 6.07) is 13.8. The van der Waals surface area contributed by atoms with E-state index in [1.54, 1.807) is 0 Å². The van der Waals surface area contributed by atoms with Crippen LogP contribution in [0.3, 0.4) is 0 Å². The quantitative estimate of drug-likeness (QED) is 0.898. The fraction of sp³-hybridized carbons (Fsp3) is 0.400. The predicted octanol–water partition coefficient (Wildman–Crippen LogP) is 3.25. The molecule has 0 bridgehead atoms. The summed E-state index contributed by atoms with van der Waals surface area (Å²) in [5.74, 6) is 0. The van der Waals surface area contributed by atoms with Crippen LogP contribution in [0.1, 0.15) is 24.1 Å². The Morgan fingerprint density at radius 2 is 1.81 bits per heavy atom. The van der Waals surface area contributed by atoms with E-state index in [-0.39, 0.29) is 11.6 Å². The van der Waals surface area contributed by atoms with E-state index < -0.39 is 0 Å². The van der Waals surface area contributed by atoms with E-state index in [1.165, 1.54) is 0 Å². The monoisotopic (exact) mass is 370 g/mol. The van der Waals surface area contributed by atoms with Crippen molar-refractivity contribution in [1.29, 1.82) is 0 Å². The van der Waals surface area contributed by atoms with Gasteiger partial charge in [0.25, 0.3) is 0 Å². The second-order valence-electron chi connectivity index (χ2n) is 7.08. The maximum absolute atomic E-state index is 12.7. The Kier molecular flexibility index (Phi) is 4.83. The van der Waals surface area contributed by atoms with Crippen molar-refractivity contribution in [2.75, 3.05) is 26.2 Å². The molecule has 2 aliphatic rings. The minimum Gasteiger partial charge on any atom is -0.328 e. The molecule has 0 spiro atoms. The first-order chi connectivity index (χ1) is 12.7. The first kappa shape index (κ1) is 17.3. The van der Waals surface area contributed by atoms with Crippen molar-refractivity contribution in [3.05, 3.63) is 64.9 Å². The molecule has 1 saturated heterocycles. The summed E-state index contributed by atoms with van der Waals surface area (Å²) in [4.78, 5) is 21.4. The zero-order valence-corrected chi connectivity index (χ0v) is 15.5. The molecule has 1 aliphatic carbocycles. The Hall–Kier alpha value is -2.11. The molecule has 136 valence electrons. The number of carbonyl (C=O) groups excluding carboxylic acids is 1. The number of nitrogens with zero attached hydrogens (tertiary/aromatic N) is 3. The van der Waals surface area contributed by atoms with Gasteiger partial charge in [-0.25, -0.2) is 4.79 Å². The fourth-order valence-electron chi connectivity index (χ4n) is 3.55.